The normalized spacial score (nSPS) is 15.9. The number of nitrogens with one attached hydrogen (secondary N) is 2. The predicted octanol–water partition coefficient (Wildman–Crippen LogP) is 13.1. The summed E-state index contributed by atoms with van der Waals surface area (Å²) in [5.74, 6) is 0.878. The summed E-state index contributed by atoms with van der Waals surface area (Å²) in [4.78, 5) is 5.32. The topological polar surface area (TPSA) is 54.5 Å². The van der Waals surface area contributed by atoms with Crippen molar-refractivity contribution in [2.24, 2.45) is 4.99 Å². The molecule has 6 heteroatoms. The number of benzene rings is 8. The molecule has 0 fully saturated rings. The quantitative estimate of drug-likeness (QED) is 0.184. The van der Waals surface area contributed by atoms with Crippen molar-refractivity contribution in [2.45, 2.75) is 12.3 Å². The van der Waals surface area contributed by atoms with Crippen molar-refractivity contribution >= 4 is 81.1 Å². The van der Waals surface area contributed by atoms with Crippen molar-refractivity contribution in [3.63, 3.8) is 0 Å². The Labute approximate surface area is 332 Å². The molecule has 0 aliphatic carbocycles. The molecule has 0 amide bonds. The molecule has 8 aromatic carbocycles. The SMILES string of the molecule is c1ccc(C2=NC(c3cccc4sc5ccc(-c6cccc7c6oc6cc(-n8c9ccccc9c9ccccc98)ccc67)cc5c34)NC(c3ccccc3)N2)cc1. The predicted molar refractivity (Wildman–Crippen MR) is 238 cm³/mol. The molecule has 270 valence electrons. The van der Waals surface area contributed by atoms with Crippen LogP contribution in [0.1, 0.15) is 29.0 Å². The van der Waals surface area contributed by atoms with E-state index in [9.17, 15) is 0 Å². The van der Waals surface area contributed by atoms with Crippen molar-refractivity contribution < 1.29 is 4.42 Å². The number of hydrogen-bond acceptors (Lipinski definition) is 5. The number of fused-ring (bicyclic) bond motifs is 9. The smallest absolute Gasteiger partial charge is 0.143 e. The number of aliphatic imine (C=N–C) groups is 1. The van der Waals surface area contributed by atoms with Gasteiger partial charge in [0.2, 0.25) is 0 Å². The average Bonchev–Trinajstić information content (AvgIpc) is 3.96. The van der Waals surface area contributed by atoms with Crippen LogP contribution in [0.2, 0.25) is 0 Å². The zero-order valence-electron chi connectivity index (χ0n) is 30.7. The molecule has 0 saturated heterocycles. The summed E-state index contributed by atoms with van der Waals surface area (Å²) >= 11 is 1.83. The number of hydrogen-bond donors (Lipinski definition) is 2. The first-order chi connectivity index (χ1) is 28.2. The van der Waals surface area contributed by atoms with Gasteiger partial charge in [0, 0.05) is 70.2 Å². The van der Waals surface area contributed by atoms with Gasteiger partial charge in [0.25, 0.3) is 0 Å². The van der Waals surface area contributed by atoms with Crippen molar-refractivity contribution in [2.75, 3.05) is 0 Å². The van der Waals surface area contributed by atoms with Crippen molar-refractivity contribution in [1.29, 1.82) is 0 Å². The molecule has 1 aliphatic heterocycles. The number of thiophene rings is 1. The fraction of sp³-hybridized carbons (Fsp3) is 0.0392. The molecule has 11 aromatic rings. The Morgan fingerprint density at radius 1 is 0.544 bits per heavy atom. The van der Waals surface area contributed by atoms with Crippen molar-refractivity contribution in [1.82, 2.24) is 15.2 Å². The van der Waals surface area contributed by atoms with Crippen LogP contribution in [0, 0.1) is 0 Å². The third-order valence-corrected chi connectivity index (χ3v) is 12.6. The summed E-state index contributed by atoms with van der Waals surface area (Å²) in [6.07, 6.45) is -0.375. The van der Waals surface area contributed by atoms with E-state index in [0.717, 1.165) is 61.3 Å². The van der Waals surface area contributed by atoms with Gasteiger partial charge in [-0.05, 0) is 53.6 Å². The molecule has 0 bridgehead atoms. The molecule has 5 nitrogen and oxygen atoms in total. The number of aromatic nitrogens is 1. The van der Waals surface area contributed by atoms with Crippen LogP contribution in [0.5, 0.6) is 0 Å². The molecule has 0 radical (unpaired) electrons. The van der Waals surface area contributed by atoms with Gasteiger partial charge in [0.15, 0.2) is 0 Å². The molecular formula is C51H34N4OS. The lowest BCUT2D eigenvalue weighted by Crippen LogP contribution is -2.44. The summed E-state index contributed by atoms with van der Waals surface area (Å²) in [6.45, 7) is 0. The lowest BCUT2D eigenvalue weighted by molar-refractivity contribution is 0.410. The Kier molecular flexibility index (Phi) is 7.24. The second kappa shape index (κ2) is 12.8. The zero-order valence-corrected chi connectivity index (χ0v) is 31.5. The minimum atomic E-state index is -0.264. The largest absolute Gasteiger partial charge is 0.455 e. The monoisotopic (exact) mass is 750 g/mol. The highest BCUT2D eigenvalue weighted by Gasteiger charge is 2.27. The maximum Gasteiger partial charge on any atom is 0.143 e. The first-order valence-electron chi connectivity index (χ1n) is 19.4. The van der Waals surface area contributed by atoms with E-state index in [1.165, 1.54) is 42.0 Å². The summed E-state index contributed by atoms with van der Waals surface area (Å²) in [5.41, 5.74) is 10.8. The third-order valence-electron chi connectivity index (χ3n) is 11.5. The van der Waals surface area contributed by atoms with Crippen molar-refractivity contribution in [3.8, 4) is 16.8 Å². The molecule has 0 saturated carbocycles. The summed E-state index contributed by atoms with van der Waals surface area (Å²) in [5, 5.41) is 14.7. The van der Waals surface area contributed by atoms with Gasteiger partial charge in [-0.3, -0.25) is 5.32 Å². The van der Waals surface area contributed by atoms with E-state index in [0.29, 0.717) is 0 Å². The fourth-order valence-electron chi connectivity index (χ4n) is 8.88. The number of para-hydroxylation sites is 3. The first-order valence-corrected chi connectivity index (χ1v) is 20.2. The number of amidine groups is 1. The highest BCUT2D eigenvalue weighted by atomic mass is 32.1. The molecule has 4 heterocycles. The summed E-state index contributed by atoms with van der Waals surface area (Å²) in [7, 11) is 0. The van der Waals surface area contributed by atoms with Gasteiger partial charge in [-0.1, -0.05) is 133 Å². The molecule has 1 aliphatic rings. The van der Waals surface area contributed by atoms with Crippen LogP contribution in [0.15, 0.2) is 191 Å². The standard InChI is InChI=1S/C51H34N4OS/c1-3-13-31(14-4-1)49-52-50(32-15-5-2-6-16-32)54-51(53-49)40-21-12-24-46-47(40)41-29-33(25-28-45(41)57-46)35-19-11-20-39-38-27-26-34(30-44(38)56-48(35)39)55-42-22-9-7-17-36(42)37-18-8-10-23-43(37)55/h1-30,49,51,53H,(H,52,54). The van der Waals surface area contributed by atoms with Gasteiger partial charge in [0.1, 0.15) is 29.3 Å². The lowest BCUT2D eigenvalue weighted by Gasteiger charge is -2.32. The van der Waals surface area contributed by atoms with Gasteiger partial charge in [-0.15, -0.1) is 11.3 Å². The van der Waals surface area contributed by atoms with Gasteiger partial charge in [-0.2, -0.15) is 0 Å². The molecule has 2 atom stereocenters. The van der Waals surface area contributed by atoms with E-state index in [2.05, 4.69) is 191 Å². The van der Waals surface area contributed by atoms with E-state index >= 15 is 0 Å². The highest BCUT2D eigenvalue weighted by molar-refractivity contribution is 7.25. The van der Waals surface area contributed by atoms with Crippen LogP contribution in [-0.2, 0) is 0 Å². The van der Waals surface area contributed by atoms with Crippen LogP contribution in [0.4, 0.5) is 0 Å². The molecule has 2 unspecified atom stereocenters. The van der Waals surface area contributed by atoms with Crippen molar-refractivity contribution in [3.05, 3.63) is 199 Å². The molecular weight excluding hydrogens is 717 g/mol. The first kappa shape index (κ1) is 32.3. The summed E-state index contributed by atoms with van der Waals surface area (Å²) < 4.78 is 11.7. The average molecular weight is 751 g/mol. The van der Waals surface area contributed by atoms with Gasteiger partial charge >= 0.3 is 0 Å². The molecule has 12 rings (SSSR count). The van der Waals surface area contributed by atoms with E-state index in [1.54, 1.807) is 0 Å². The van der Waals surface area contributed by atoms with E-state index in [-0.39, 0.29) is 12.3 Å². The number of rotatable bonds is 5. The van der Waals surface area contributed by atoms with Crippen LogP contribution in [-0.4, -0.2) is 10.4 Å². The third kappa shape index (κ3) is 5.15. The Bertz CT molecular complexity index is 3320. The van der Waals surface area contributed by atoms with E-state index in [1.807, 2.05) is 17.4 Å². The summed E-state index contributed by atoms with van der Waals surface area (Å²) in [6, 6.07) is 64.8. The second-order valence-corrected chi connectivity index (χ2v) is 15.9. The number of furan rings is 1. The Morgan fingerprint density at radius 2 is 1.26 bits per heavy atom. The van der Waals surface area contributed by atoms with Crippen LogP contribution >= 0.6 is 11.3 Å². The van der Waals surface area contributed by atoms with E-state index < -0.39 is 0 Å². The van der Waals surface area contributed by atoms with E-state index in [4.69, 9.17) is 9.41 Å². The van der Waals surface area contributed by atoms with Crippen LogP contribution in [0.3, 0.4) is 0 Å². The number of nitrogens with zero attached hydrogens (tertiary/aromatic N) is 2. The highest BCUT2D eigenvalue weighted by Crippen LogP contribution is 2.43. The minimum Gasteiger partial charge on any atom is -0.455 e. The molecule has 0 spiro atoms. The maximum absolute atomic E-state index is 6.86. The van der Waals surface area contributed by atoms with Gasteiger partial charge in [0.05, 0.1) is 11.0 Å². The van der Waals surface area contributed by atoms with Gasteiger partial charge in [-0.25, -0.2) is 4.99 Å². The molecule has 3 aromatic heterocycles. The van der Waals surface area contributed by atoms with Gasteiger partial charge < -0.3 is 14.3 Å². The fourth-order valence-corrected chi connectivity index (χ4v) is 10.0. The van der Waals surface area contributed by atoms with Crippen LogP contribution in [0.25, 0.3) is 80.7 Å². The Hall–Kier alpha value is -6.99. The maximum atomic E-state index is 6.86. The molecule has 57 heavy (non-hydrogen) atoms. The zero-order chi connectivity index (χ0) is 37.5. The lowest BCUT2D eigenvalue weighted by atomic mass is 9.98. The second-order valence-electron chi connectivity index (χ2n) is 14.8. The minimum absolute atomic E-state index is 0.110. The van der Waals surface area contributed by atoms with Crippen LogP contribution < -0.4 is 10.6 Å². The Morgan fingerprint density at radius 3 is 2.07 bits per heavy atom. The molecule has 2 N–H and O–H groups in total. The Balaban J connectivity index is 0.996.